The lowest BCUT2D eigenvalue weighted by Gasteiger charge is -2.42. The van der Waals surface area contributed by atoms with Crippen molar-refractivity contribution in [2.75, 3.05) is 0 Å². The number of carboxylic acids is 1. The number of unbranched alkanes of at least 4 members (excludes halogenated alkanes) is 1. The summed E-state index contributed by atoms with van der Waals surface area (Å²) in [6.45, 7) is 2.26. The fourth-order valence-electron chi connectivity index (χ4n) is 5.80. The first-order valence-electron chi connectivity index (χ1n) is 11.1. The van der Waals surface area contributed by atoms with E-state index in [0.717, 1.165) is 48.3 Å². The zero-order valence-electron chi connectivity index (χ0n) is 17.1. The van der Waals surface area contributed by atoms with Gasteiger partial charge in [-0.1, -0.05) is 38.7 Å². The molecular formula is C25H30F2O2. The normalized spacial score (nSPS) is 27.0. The summed E-state index contributed by atoms with van der Waals surface area (Å²) >= 11 is 0. The Kier molecular flexibility index (Phi) is 5.89. The lowest BCUT2D eigenvalue weighted by molar-refractivity contribution is 0.0692. The third-order valence-corrected chi connectivity index (χ3v) is 7.40. The van der Waals surface area contributed by atoms with E-state index in [1.165, 1.54) is 44.9 Å². The van der Waals surface area contributed by atoms with E-state index >= 15 is 0 Å². The average molecular weight is 401 g/mol. The standard InChI is InChI=1S/C25H30F2O2/c1-2-3-4-15-5-6-17-10-18(8-7-16(17)9-15)19-11-20-13-24(27)22(25(28)29)14-21(20)23(26)12-19/h11-18H,2-10H2,1H3,(H,28,29). The van der Waals surface area contributed by atoms with E-state index in [1.54, 1.807) is 6.07 Å². The highest BCUT2D eigenvalue weighted by atomic mass is 19.1. The molecule has 29 heavy (non-hydrogen) atoms. The molecule has 0 spiro atoms. The first kappa shape index (κ1) is 20.3. The van der Waals surface area contributed by atoms with Crippen LogP contribution in [0.3, 0.4) is 0 Å². The van der Waals surface area contributed by atoms with Gasteiger partial charge in [0, 0.05) is 5.39 Å². The molecule has 2 aliphatic rings. The maximum atomic E-state index is 14.8. The molecule has 2 nitrogen and oxygen atoms in total. The number of halogens is 2. The Morgan fingerprint density at radius 3 is 2.52 bits per heavy atom. The quantitative estimate of drug-likeness (QED) is 0.571. The second-order valence-electron chi connectivity index (χ2n) is 9.21. The largest absolute Gasteiger partial charge is 0.478 e. The van der Waals surface area contributed by atoms with Crippen LogP contribution in [0, 0.1) is 29.4 Å². The highest BCUT2D eigenvalue weighted by Crippen LogP contribution is 2.48. The summed E-state index contributed by atoms with van der Waals surface area (Å²) in [5.74, 6) is 0.0860. The minimum Gasteiger partial charge on any atom is -0.478 e. The molecule has 0 bridgehead atoms. The second kappa shape index (κ2) is 8.41. The Balaban J connectivity index is 1.52. The van der Waals surface area contributed by atoms with Crippen LogP contribution in [0.5, 0.6) is 0 Å². The van der Waals surface area contributed by atoms with Gasteiger partial charge in [0.15, 0.2) is 0 Å². The van der Waals surface area contributed by atoms with Crippen LogP contribution in [0.2, 0.25) is 0 Å². The number of hydrogen-bond donors (Lipinski definition) is 1. The van der Waals surface area contributed by atoms with Gasteiger partial charge in [-0.3, -0.25) is 0 Å². The molecule has 2 saturated carbocycles. The molecule has 0 amide bonds. The fourth-order valence-corrected chi connectivity index (χ4v) is 5.80. The molecule has 156 valence electrons. The number of carbonyl (C=O) groups is 1. The molecule has 4 heteroatoms. The van der Waals surface area contributed by atoms with Crippen LogP contribution in [0.25, 0.3) is 10.8 Å². The molecule has 0 aromatic heterocycles. The van der Waals surface area contributed by atoms with Crippen LogP contribution in [-0.4, -0.2) is 11.1 Å². The zero-order valence-corrected chi connectivity index (χ0v) is 17.1. The Morgan fingerprint density at radius 1 is 1.00 bits per heavy atom. The monoisotopic (exact) mass is 400 g/mol. The van der Waals surface area contributed by atoms with Gasteiger partial charge in [0.1, 0.15) is 11.6 Å². The number of aromatic carboxylic acids is 1. The van der Waals surface area contributed by atoms with E-state index in [-0.39, 0.29) is 5.39 Å². The predicted octanol–water partition coefficient (Wildman–Crippen LogP) is 7.31. The van der Waals surface area contributed by atoms with E-state index in [1.807, 2.05) is 6.07 Å². The molecule has 0 aliphatic heterocycles. The molecule has 1 N–H and O–H groups in total. The summed E-state index contributed by atoms with van der Waals surface area (Å²) in [6, 6.07) is 5.69. The van der Waals surface area contributed by atoms with Gasteiger partial charge in [-0.25, -0.2) is 13.6 Å². The molecular weight excluding hydrogens is 370 g/mol. The number of carboxylic acid groups (broad SMARTS) is 1. The molecule has 2 fully saturated rings. The van der Waals surface area contributed by atoms with Gasteiger partial charge >= 0.3 is 5.97 Å². The average Bonchev–Trinajstić information content (AvgIpc) is 2.70. The molecule has 4 rings (SSSR count). The number of hydrogen-bond acceptors (Lipinski definition) is 1. The molecule has 2 aromatic carbocycles. The van der Waals surface area contributed by atoms with Gasteiger partial charge in [-0.2, -0.15) is 0 Å². The van der Waals surface area contributed by atoms with Crippen LogP contribution in [0.4, 0.5) is 8.78 Å². The van der Waals surface area contributed by atoms with Crippen LogP contribution < -0.4 is 0 Å². The summed E-state index contributed by atoms with van der Waals surface area (Å²) in [5, 5.41) is 9.72. The first-order chi connectivity index (χ1) is 14.0. The first-order valence-corrected chi connectivity index (χ1v) is 11.1. The van der Waals surface area contributed by atoms with Crippen molar-refractivity contribution < 1.29 is 18.7 Å². The molecule has 0 radical (unpaired) electrons. The molecule has 4 atom stereocenters. The summed E-state index contributed by atoms with van der Waals surface area (Å²) in [4.78, 5) is 11.1. The van der Waals surface area contributed by atoms with Gasteiger partial charge in [0.05, 0.1) is 5.56 Å². The lowest BCUT2D eigenvalue weighted by Crippen LogP contribution is -2.30. The number of fused-ring (bicyclic) bond motifs is 2. The SMILES string of the molecule is CCCCC1CCC2CC(c3cc(F)c4cc(C(=O)O)c(F)cc4c3)CCC2C1. The molecule has 4 unspecified atom stereocenters. The van der Waals surface area contributed by atoms with E-state index in [4.69, 9.17) is 5.11 Å². The Hall–Kier alpha value is -1.97. The molecule has 2 aliphatic carbocycles. The van der Waals surface area contributed by atoms with Gasteiger partial charge in [0.2, 0.25) is 0 Å². The van der Waals surface area contributed by atoms with Crippen molar-refractivity contribution in [2.24, 2.45) is 17.8 Å². The molecule has 0 heterocycles. The van der Waals surface area contributed by atoms with Crippen molar-refractivity contribution in [2.45, 2.75) is 70.6 Å². The third-order valence-electron chi connectivity index (χ3n) is 7.40. The molecule has 0 saturated heterocycles. The summed E-state index contributed by atoms with van der Waals surface area (Å²) in [6.07, 6.45) is 11.3. The van der Waals surface area contributed by atoms with Crippen molar-refractivity contribution in [1.29, 1.82) is 0 Å². The van der Waals surface area contributed by atoms with Crippen molar-refractivity contribution in [3.8, 4) is 0 Å². The highest BCUT2D eigenvalue weighted by molar-refractivity contribution is 5.95. The van der Waals surface area contributed by atoms with Gasteiger partial charge in [-0.05, 0) is 84.9 Å². The van der Waals surface area contributed by atoms with Gasteiger partial charge in [0.25, 0.3) is 0 Å². The van der Waals surface area contributed by atoms with Crippen molar-refractivity contribution in [3.05, 3.63) is 47.0 Å². The fraction of sp³-hybridized carbons (Fsp3) is 0.560. The number of benzene rings is 2. The topological polar surface area (TPSA) is 37.3 Å². The van der Waals surface area contributed by atoms with Crippen molar-refractivity contribution in [1.82, 2.24) is 0 Å². The lowest BCUT2D eigenvalue weighted by atomic mass is 9.63. The Bertz CT molecular complexity index is 907. The minimum absolute atomic E-state index is 0.178. The van der Waals surface area contributed by atoms with Crippen molar-refractivity contribution >= 4 is 16.7 Å². The highest BCUT2D eigenvalue weighted by Gasteiger charge is 2.36. The maximum Gasteiger partial charge on any atom is 0.338 e. The third kappa shape index (κ3) is 4.17. The Morgan fingerprint density at radius 2 is 1.76 bits per heavy atom. The van der Waals surface area contributed by atoms with E-state index in [9.17, 15) is 13.6 Å². The van der Waals surface area contributed by atoms with Crippen LogP contribution in [-0.2, 0) is 0 Å². The van der Waals surface area contributed by atoms with Crippen LogP contribution in [0.1, 0.15) is 86.6 Å². The smallest absolute Gasteiger partial charge is 0.338 e. The Labute approximate surface area is 171 Å². The maximum absolute atomic E-state index is 14.8. The number of rotatable bonds is 5. The van der Waals surface area contributed by atoms with E-state index in [0.29, 0.717) is 11.3 Å². The zero-order chi connectivity index (χ0) is 20.5. The molecule has 2 aromatic rings. The van der Waals surface area contributed by atoms with Crippen LogP contribution in [0.15, 0.2) is 24.3 Å². The second-order valence-corrected chi connectivity index (χ2v) is 9.21. The van der Waals surface area contributed by atoms with E-state index < -0.39 is 23.2 Å². The minimum atomic E-state index is -1.37. The predicted molar refractivity (Wildman–Crippen MR) is 111 cm³/mol. The van der Waals surface area contributed by atoms with Gasteiger partial charge in [-0.15, -0.1) is 0 Å². The van der Waals surface area contributed by atoms with Crippen LogP contribution >= 0.6 is 0 Å². The summed E-state index contributed by atoms with van der Waals surface area (Å²) in [7, 11) is 0. The van der Waals surface area contributed by atoms with Crippen molar-refractivity contribution in [3.63, 3.8) is 0 Å². The van der Waals surface area contributed by atoms with E-state index in [2.05, 4.69) is 6.92 Å². The summed E-state index contributed by atoms with van der Waals surface area (Å²) < 4.78 is 28.9. The summed E-state index contributed by atoms with van der Waals surface area (Å²) in [5.41, 5.74) is 0.452. The van der Waals surface area contributed by atoms with Gasteiger partial charge < -0.3 is 5.11 Å².